The number of hydrogen-bond donors (Lipinski definition) is 2. The van der Waals surface area contributed by atoms with Gasteiger partial charge in [-0.05, 0) is 12.1 Å². The molecular formula is C8H9FN2O. The van der Waals surface area contributed by atoms with Crippen molar-refractivity contribution >= 4 is 11.6 Å². The van der Waals surface area contributed by atoms with Crippen LogP contribution < -0.4 is 11.1 Å². The summed E-state index contributed by atoms with van der Waals surface area (Å²) in [5.74, 6) is -1.14. The zero-order valence-electron chi connectivity index (χ0n) is 6.60. The second-order valence-electron chi connectivity index (χ2n) is 2.29. The third-order valence-electron chi connectivity index (χ3n) is 1.50. The van der Waals surface area contributed by atoms with Gasteiger partial charge in [0, 0.05) is 7.05 Å². The highest BCUT2D eigenvalue weighted by atomic mass is 19.1. The van der Waals surface area contributed by atoms with Crippen molar-refractivity contribution in [2.75, 3.05) is 12.8 Å². The minimum atomic E-state index is -0.670. The number of benzene rings is 1. The molecule has 4 heteroatoms. The molecule has 1 amide bonds. The largest absolute Gasteiger partial charge is 0.396 e. The van der Waals surface area contributed by atoms with Crippen molar-refractivity contribution in [2.45, 2.75) is 0 Å². The smallest absolute Gasteiger partial charge is 0.254 e. The molecule has 1 aromatic rings. The van der Waals surface area contributed by atoms with Crippen molar-refractivity contribution in [3.05, 3.63) is 29.6 Å². The van der Waals surface area contributed by atoms with E-state index in [-0.39, 0.29) is 11.3 Å². The van der Waals surface area contributed by atoms with E-state index in [1.807, 2.05) is 0 Å². The molecule has 0 saturated heterocycles. The average Bonchev–Trinajstić information content (AvgIpc) is 2.08. The van der Waals surface area contributed by atoms with Gasteiger partial charge in [0.1, 0.15) is 0 Å². The zero-order valence-corrected chi connectivity index (χ0v) is 6.60. The first-order chi connectivity index (χ1) is 5.66. The third kappa shape index (κ3) is 1.37. The Bertz CT molecular complexity index is 312. The van der Waals surface area contributed by atoms with Crippen LogP contribution in [-0.4, -0.2) is 13.0 Å². The van der Waals surface area contributed by atoms with Gasteiger partial charge in [-0.1, -0.05) is 6.07 Å². The lowest BCUT2D eigenvalue weighted by atomic mass is 10.2. The minimum absolute atomic E-state index is 0.0175. The van der Waals surface area contributed by atoms with Gasteiger partial charge >= 0.3 is 0 Å². The van der Waals surface area contributed by atoms with Crippen LogP contribution in [0.2, 0.25) is 0 Å². The SMILES string of the molecule is CNC(=O)c1cccc(N)c1F. The summed E-state index contributed by atoms with van der Waals surface area (Å²) in [7, 11) is 1.44. The first-order valence-corrected chi connectivity index (χ1v) is 3.43. The third-order valence-corrected chi connectivity index (χ3v) is 1.50. The van der Waals surface area contributed by atoms with Crippen LogP contribution in [0.5, 0.6) is 0 Å². The van der Waals surface area contributed by atoms with E-state index in [4.69, 9.17) is 5.73 Å². The number of nitrogen functional groups attached to an aromatic ring is 1. The molecule has 1 aromatic carbocycles. The van der Waals surface area contributed by atoms with E-state index >= 15 is 0 Å². The molecule has 0 aromatic heterocycles. The summed E-state index contributed by atoms with van der Waals surface area (Å²) < 4.78 is 13.1. The highest BCUT2D eigenvalue weighted by Gasteiger charge is 2.10. The summed E-state index contributed by atoms with van der Waals surface area (Å²) in [5.41, 5.74) is 5.21. The fourth-order valence-corrected chi connectivity index (χ4v) is 0.860. The maximum atomic E-state index is 13.1. The number of anilines is 1. The Labute approximate surface area is 69.4 Å². The lowest BCUT2D eigenvalue weighted by Gasteiger charge is -2.02. The summed E-state index contributed by atoms with van der Waals surface area (Å²) in [6.07, 6.45) is 0. The van der Waals surface area contributed by atoms with Gasteiger partial charge in [0.2, 0.25) is 0 Å². The molecule has 0 unspecified atom stereocenters. The molecule has 0 aliphatic rings. The van der Waals surface area contributed by atoms with Crippen LogP contribution in [-0.2, 0) is 0 Å². The van der Waals surface area contributed by atoms with Crippen molar-refractivity contribution < 1.29 is 9.18 Å². The van der Waals surface area contributed by atoms with Crippen LogP contribution in [0.4, 0.5) is 10.1 Å². The molecule has 3 N–H and O–H groups in total. The van der Waals surface area contributed by atoms with Gasteiger partial charge in [-0.15, -0.1) is 0 Å². The number of rotatable bonds is 1. The Balaban J connectivity index is 3.16. The number of nitrogens with one attached hydrogen (secondary N) is 1. The van der Waals surface area contributed by atoms with E-state index in [0.29, 0.717) is 0 Å². The Morgan fingerprint density at radius 2 is 2.25 bits per heavy atom. The lowest BCUT2D eigenvalue weighted by Crippen LogP contribution is -2.19. The number of hydrogen-bond acceptors (Lipinski definition) is 2. The first kappa shape index (κ1) is 8.52. The number of carbonyl (C=O) groups excluding carboxylic acids is 1. The van der Waals surface area contributed by atoms with Crippen LogP contribution in [0.15, 0.2) is 18.2 Å². The second kappa shape index (κ2) is 3.21. The van der Waals surface area contributed by atoms with Crippen LogP contribution in [0.3, 0.4) is 0 Å². The molecule has 0 spiro atoms. The summed E-state index contributed by atoms with van der Waals surface area (Å²) in [6, 6.07) is 4.31. The highest BCUT2D eigenvalue weighted by Crippen LogP contribution is 2.13. The lowest BCUT2D eigenvalue weighted by molar-refractivity contribution is 0.0959. The Kier molecular flexibility index (Phi) is 2.28. The van der Waals surface area contributed by atoms with Crippen molar-refractivity contribution in [1.82, 2.24) is 5.32 Å². The monoisotopic (exact) mass is 168 g/mol. The fraction of sp³-hybridized carbons (Fsp3) is 0.125. The molecule has 0 aliphatic carbocycles. The van der Waals surface area contributed by atoms with Crippen LogP contribution in [0.25, 0.3) is 0 Å². The van der Waals surface area contributed by atoms with E-state index < -0.39 is 11.7 Å². The number of nitrogens with two attached hydrogens (primary N) is 1. The molecule has 64 valence electrons. The van der Waals surface area contributed by atoms with Gasteiger partial charge in [0.25, 0.3) is 5.91 Å². The molecule has 0 radical (unpaired) electrons. The Morgan fingerprint density at radius 1 is 1.58 bits per heavy atom. The maximum Gasteiger partial charge on any atom is 0.254 e. The molecule has 0 aliphatic heterocycles. The summed E-state index contributed by atoms with van der Waals surface area (Å²) in [6.45, 7) is 0. The average molecular weight is 168 g/mol. The van der Waals surface area contributed by atoms with Gasteiger partial charge in [-0.3, -0.25) is 4.79 Å². The molecule has 0 heterocycles. The predicted octanol–water partition coefficient (Wildman–Crippen LogP) is 0.768. The molecule has 3 nitrogen and oxygen atoms in total. The molecule has 0 saturated carbocycles. The predicted molar refractivity (Wildman–Crippen MR) is 44.2 cm³/mol. The number of halogens is 1. The minimum Gasteiger partial charge on any atom is -0.396 e. The molecular weight excluding hydrogens is 159 g/mol. The van der Waals surface area contributed by atoms with Crippen molar-refractivity contribution in [3.63, 3.8) is 0 Å². The standard InChI is InChI=1S/C8H9FN2O/c1-11-8(12)5-3-2-4-6(10)7(5)9/h2-4H,10H2,1H3,(H,11,12). The summed E-state index contributed by atoms with van der Waals surface area (Å²) >= 11 is 0. The zero-order chi connectivity index (χ0) is 9.14. The topological polar surface area (TPSA) is 55.1 Å². The van der Waals surface area contributed by atoms with Gasteiger partial charge in [0.15, 0.2) is 5.82 Å². The van der Waals surface area contributed by atoms with Gasteiger partial charge in [-0.2, -0.15) is 0 Å². The quantitative estimate of drug-likeness (QED) is 0.608. The van der Waals surface area contributed by atoms with Crippen LogP contribution in [0, 0.1) is 5.82 Å². The number of amides is 1. The van der Waals surface area contributed by atoms with Gasteiger partial charge in [-0.25, -0.2) is 4.39 Å². The molecule has 0 atom stereocenters. The van der Waals surface area contributed by atoms with E-state index in [1.54, 1.807) is 0 Å². The molecule has 0 bridgehead atoms. The Hall–Kier alpha value is -1.58. The van der Waals surface area contributed by atoms with E-state index in [9.17, 15) is 9.18 Å². The van der Waals surface area contributed by atoms with E-state index in [1.165, 1.54) is 25.2 Å². The first-order valence-electron chi connectivity index (χ1n) is 3.43. The van der Waals surface area contributed by atoms with E-state index in [2.05, 4.69) is 5.32 Å². The number of carbonyl (C=O) groups is 1. The van der Waals surface area contributed by atoms with E-state index in [0.717, 1.165) is 0 Å². The molecule has 12 heavy (non-hydrogen) atoms. The van der Waals surface area contributed by atoms with Crippen molar-refractivity contribution in [2.24, 2.45) is 0 Å². The Morgan fingerprint density at radius 3 is 2.83 bits per heavy atom. The highest BCUT2D eigenvalue weighted by molar-refractivity contribution is 5.95. The second-order valence-corrected chi connectivity index (χ2v) is 2.29. The molecule has 0 fully saturated rings. The van der Waals surface area contributed by atoms with Crippen molar-refractivity contribution in [1.29, 1.82) is 0 Å². The summed E-state index contributed by atoms with van der Waals surface area (Å²) in [5, 5.41) is 2.31. The van der Waals surface area contributed by atoms with Gasteiger partial charge < -0.3 is 11.1 Å². The normalized spacial score (nSPS) is 9.50. The van der Waals surface area contributed by atoms with Crippen LogP contribution >= 0.6 is 0 Å². The van der Waals surface area contributed by atoms with Gasteiger partial charge in [0.05, 0.1) is 11.3 Å². The summed E-state index contributed by atoms with van der Waals surface area (Å²) in [4.78, 5) is 11.0. The fourth-order valence-electron chi connectivity index (χ4n) is 0.860. The maximum absolute atomic E-state index is 13.1. The van der Waals surface area contributed by atoms with Crippen LogP contribution in [0.1, 0.15) is 10.4 Å². The molecule has 1 rings (SSSR count). The van der Waals surface area contributed by atoms with Crippen molar-refractivity contribution in [3.8, 4) is 0 Å².